The zero-order chi connectivity index (χ0) is 12.0. The number of nitrogens with zero attached hydrogens (tertiary/aromatic N) is 1. The average molecular weight is 220 g/mol. The molecule has 0 aliphatic carbocycles. The molecule has 0 atom stereocenters. The van der Waals surface area contributed by atoms with Gasteiger partial charge in [-0.2, -0.15) is 0 Å². The highest BCUT2D eigenvalue weighted by atomic mass is 16.1. The molecule has 0 bridgehead atoms. The molecule has 1 aromatic carbocycles. The Morgan fingerprint density at radius 3 is 2.38 bits per heavy atom. The minimum absolute atomic E-state index is 0.263. The second-order valence-corrected chi connectivity index (χ2v) is 4.13. The van der Waals surface area contributed by atoms with Crippen LogP contribution < -0.4 is 10.2 Å². The van der Waals surface area contributed by atoms with Crippen molar-refractivity contribution in [2.45, 2.75) is 12.8 Å². The molecule has 3 nitrogen and oxygen atoms in total. The normalized spacial score (nSPS) is 10.2. The van der Waals surface area contributed by atoms with Gasteiger partial charge in [0, 0.05) is 26.2 Å². The molecule has 0 saturated carbocycles. The molecule has 3 heteroatoms. The van der Waals surface area contributed by atoms with Gasteiger partial charge < -0.3 is 10.2 Å². The number of nitrogens with one attached hydrogen (secondary N) is 1. The zero-order valence-electron chi connectivity index (χ0n) is 10.3. The molecule has 88 valence electrons. The van der Waals surface area contributed by atoms with Gasteiger partial charge in [-0.3, -0.25) is 4.79 Å². The van der Waals surface area contributed by atoms with E-state index in [0.717, 1.165) is 6.42 Å². The number of ketones is 1. The molecular formula is C13H20N2O. The molecular weight excluding hydrogens is 200 g/mol. The van der Waals surface area contributed by atoms with Crippen molar-refractivity contribution >= 4 is 11.5 Å². The van der Waals surface area contributed by atoms with Crippen LogP contribution in [0.15, 0.2) is 24.3 Å². The number of hydrogen-bond donors (Lipinski definition) is 1. The van der Waals surface area contributed by atoms with Crippen LogP contribution in [-0.4, -0.2) is 33.5 Å². The third-order valence-corrected chi connectivity index (χ3v) is 2.52. The Balaban J connectivity index is 2.46. The molecule has 0 aliphatic heterocycles. The monoisotopic (exact) mass is 220 g/mol. The Kier molecular flexibility index (Phi) is 4.99. The second-order valence-electron chi connectivity index (χ2n) is 4.13. The van der Waals surface area contributed by atoms with E-state index in [1.54, 1.807) is 7.05 Å². The first-order valence-corrected chi connectivity index (χ1v) is 5.56. The zero-order valence-corrected chi connectivity index (χ0v) is 10.3. The lowest BCUT2D eigenvalue weighted by Gasteiger charge is -2.12. The van der Waals surface area contributed by atoms with Crippen LogP contribution in [0.2, 0.25) is 0 Å². The molecule has 16 heavy (non-hydrogen) atoms. The summed E-state index contributed by atoms with van der Waals surface area (Å²) in [5, 5.41) is 2.87. The molecule has 1 N–H and O–H groups in total. The summed E-state index contributed by atoms with van der Waals surface area (Å²) in [4.78, 5) is 13.4. The Labute approximate surface area is 97.5 Å². The van der Waals surface area contributed by atoms with E-state index in [-0.39, 0.29) is 5.78 Å². The summed E-state index contributed by atoms with van der Waals surface area (Å²) in [5.74, 6) is 0.263. The van der Waals surface area contributed by atoms with E-state index in [4.69, 9.17) is 0 Å². The molecule has 0 unspecified atom stereocenters. The van der Waals surface area contributed by atoms with Crippen molar-refractivity contribution < 1.29 is 4.79 Å². The van der Waals surface area contributed by atoms with Gasteiger partial charge in [0.2, 0.25) is 0 Å². The average Bonchev–Trinajstić information content (AvgIpc) is 2.27. The number of carbonyl (C=O) groups excluding carboxylic acids is 1. The Morgan fingerprint density at radius 2 is 1.88 bits per heavy atom. The van der Waals surface area contributed by atoms with Gasteiger partial charge in [-0.15, -0.1) is 0 Å². The fourth-order valence-electron chi connectivity index (χ4n) is 1.53. The SMILES string of the molecule is CNCC(=O)CCc1ccc(N(C)C)cc1. The predicted octanol–water partition coefficient (Wildman–Crippen LogP) is 1.47. The van der Waals surface area contributed by atoms with Crippen LogP contribution in [0.3, 0.4) is 0 Å². The van der Waals surface area contributed by atoms with Gasteiger partial charge >= 0.3 is 0 Å². The molecule has 1 rings (SSSR count). The van der Waals surface area contributed by atoms with Gasteiger partial charge in [0.05, 0.1) is 6.54 Å². The van der Waals surface area contributed by atoms with Crippen LogP contribution in [0, 0.1) is 0 Å². The molecule has 0 radical (unpaired) electrons. The molecule has 0 aromatic heterocycles. The van der Waals surface area contributed by atoms with Crippen molar-refractivity contribution in [1.82, 2.24) is 5.32 Å². The Morgan fingerprint density at radius 1 is 1.25 bits per heavy atom. The summed E-state index contributed by atoms with van der Waals surface area (Å²) >= 11 is 0. The minimum atomic E-state index is 0.263. The van der Waals surface area contributed by atoms with E-state index in [9.17, 15) is 4.79 Å². The number of aryl methyl sites for hydroxylation is 1. The molecule has 0 saturated heterocycles. The molecule has 1 aromatic rings. The molecule has 0 heterocycles. The summed E-state index contributed by atoms with van der Waals surface area (Å²) in [7, 11) is 5.83. The first kappa shape index (κ1) is 12.7. The maximum Gasteiger partial charge on any atom is 0.146 e. The molecule has 0 amide bonds. The number of carbonyl (C=O) groups is 1. The Hall–Kier alpha value is -1.35. The number of Topliss-reactive ketones (excluding diaryl/α,β-unsaturated/α-hetero) is 1. The fraction of sp³-hybridized carbons (Fsp3) is 0.462. The van der Waals surface area contributed by atoms with Gasteiger partial charge in [0.15, 0.2) is 0 Å². The van der Waals surface area contributed by atoms with Crippen molar-refractivity contribution in [3.8, 4) is 0 Å². The second kappa shape index (κ2) is 6.28. The predicted molar refractivity (Wildman–Crippen MR) is 68.0 cm³/mol. The van der Waals surface area contributed by atoms with Crippen molar-refractivity contribution in [3.63, 3.8) is 0 Å². The summed E-state index contributed by atoms with van der Waals surface area (Å²) < 4.78 is 0. The lowest BCUT2D eigenvalue weighted by atomic mass is 10.1. The van der Waals surface area contributed by atoms with Crippen LogP contribution >= 0.6 is 0 Å². The number of rotatable bonds is 6. The van der Waals surface area contributed by atoms with Gasteiger partial charge in [-0.05, 0) is 31.2 Å². The van der Waals surface area contributed by atoms with E-state index >= 15 is 0 Å². The largest absolute Gasteiger partial charge is 0.378 e. The van der Waals surface area contributed by atoms with Crippen molar-refractivity contribution in [1.29, 1.82) is 0 Å². The third-order valence-electron chi connectivity index (χ3n) is 2.52. The van der Waals surface area contributed by atoms with Gasteiger partial charge in [0.25, 0.3) is 0 Å². The van der Waals surface area contributed by atoms with E-state index in [2.05, 4.69) is 34.5 Å². The van der Waals surface area contributed by atoms with Crippen LogP contribution in [-0.2, 0) is 11.2 Å². The standard InChI is InChI=1S/C13H20N2O/c1-14-10-13(16)9-6-11-4-7-12(8-5-11)15(2)3/h4-5,7-8,14H,6,9-10H2,1-3H3. The molecule has 0 aliphatic rings. The smallest absolute Gasteiger partial charge is 0.146 e. The maximum absolute atomic E-state index is 11.3. The van der Waals surface area contributed by atoms with Gasteiger partial charge in [-0.1, -0.05) is 12.1 Å². The van der Waals surface area contributed by atoms with Crippen molar-refractivity contribution in [3.05, 3.63) is 29.8 Å². The fourth-order valence-corrected chi connectivity index (χ4v) is 1.53. The highest BCUT2D eigenvalue weighted by molar-refractivity contribution is 5.80. The highest BCUT2D eigenvalue weighted by Crippen LogP contribution is 2.13. The summed E-state index contributed by atoms with van der Waals surface area (Å²) in [6, 6.07) is 8.33. The third kappa shape index (κ3) is 4.03. The minimum Gasteiger partial charge on any atom is -0.378 e. The van der Waals surface area contributed by atoms with Crippen LogP contribution in [0.5, 0.6) is 0 Å². The highest BCUT2D eigenvalue weighted by Gasteiger charge is 2.01. The van der Waals surface area contributed by atoms with Gasteiger partial charge in [-0.25, -0.2) is 0 Å². The maximum atomic E-state index is 11.3. The summed E-state index contributed by atoms with van der Waals surface area (Å²) in [6.07, 6.45) is 1.44. The van der Waals surface area contributed by atoms with E-state index in [1.807, 2.05) is 14.1 Å². The van der Waals surface area contributed by atoms with E-state index in [0.29, 0.717) is 13.0 Å². The van der Waals surface area contributed by atoms with Crippen molar-refractivity contribution in [2.24, 2.45) is 0 Å². The quantitative estimate of drug-likeness (QED) is 0.788. The van der Waals surface area contributed by atoms with Crippen molar-refractivity contribution in [2.75, 3.05) is 32.6 Å². The first-order chi connectivity index (χ1) is 7.63. The Bertz CT molecular complexity index is 330. The molecule has 0 fully saturated rings. The number of anilines is 1. The first-order valence-electron chi connectivity index (χ1n) is 5.56. The molecule has 0 spiro atoms. The summed E-state index contributed by atoms with van der Waals surface area (Å²) in [5.41, 5.74) is 2.40. The van der Waals surface area contributed by atoms with E-state index in [1.165, 1.54) is 11.3 Å². The van der Waals surface area contributed by atoms with Crippen LogP contribution in [0.25, 0.3) is 0 Å². The number of hydrogen-bond acceptors (Lipinski definition) is 3. The van der Waals surface area contributed by atoms with Crippen LogP contribution in [0.1, 0.15) is 12.0 Å². The lowest BCUT2D eigenvalue weighted by molar-refractivity contribution is -0.118. The lowest BCUT2D eigenvalue weighted by Crippen LogP contribution is -2.18. The number of benzene rings is 1. The number of likely N-dealkylation sites (N-methyl/N-ethyl adjacent to an activating group) is 1. The van der Waals surface area contributed by atoms with Crippen LogP contribution in [0.4, 0.5) is 5.69 Å². The van der Waals surface area contributed by atoms with E-state index < -0.39 is 0 Å². The van der Waals surface area contributed by atoms with Gasteiger partial charge in [0.1, 0.15) is 5.78 Å². The topological polar surface area (TPSA) is 32.3 Å². The summed E-state index contributed by atoms with van der Waals surface area (Å²) in [6.45, 7) is 0.468.